The second-order valence-corrected chi connectivity index (χ2v) is 2.98. The molecule has 0 spiro atoms. The highest BCUT2D eigenvalue weighted by molar-refractivity contribution is 5.76. The van der Waals surface area contributed by atoms with Gasteiger partial charge in [0.05, 0.1) is 5.56 Å². The molecule has 0 amide bonds. The number of aliphatic carboxylic acids is 1. The SMILES string of the molecule is O=C(O)C(O)c1c(O)cccc1OC(F)(F)F. The highest BCUT2D eigenvalue weighted by Crippen LogP contribution is 2.36. The summed E-state index contributed by atoms with van der Waals surface area (Å²) in [6.07, 6.45) is -7.37. The molecule has 0 aliphatic carbocycles. The monoisotopic (exact) mass is 252 g/mol. The molecule has 5 nitrogen and oxygen atoms in total. The second kappa shape index (κ2) is 4.50. The maximum absolute atomic E-state index is 12.0. The Balaban J connectivity index is 3.22. The van der Waals surface area contributed by atoms with Crippen molar-refractivity contribution in [3.05, 3.63) is 23.8 Å². The lowest BCUT2D eigenvalue weighted by atomic mass is 10.1. The summed E-state index contributed by atoms with van der Waals surface area (Å²) in [7, 11) is 0. The van der Waals surface area contributed by atoms with Crippen LogP contribution in [-0.4, -0.2) is 27.7 Å². The van der Waals surface area contributed by atoms with Crippen molar-refractivity contribution in [2.24, 2.45) is 0 Å². The summed E-state index contributed by atoms with van der Waals surface area (Å²) < 4.78 is 39.5. The lowest BCUT2D eigenvalue weighted by molar-refractivity contribution is -0.275. The van der Waals surface area contributed by atoms with E-state index in [-0.39, 0.29) is 0 Å². The Bertz CT molecular complexity index is 429. The van der Waals surface area contributed by atoms with Gasteiger partial charge in [0.1, 0.15) is 11.5 Å². The zero-order chi connectivity index (χ0) is 13.2. The number of alkyl halides is 3. The third-order valence-electron chi connectivity index (χ3n) is 1.78. The molecule has 3 N–H and O–H groups in total. The number of ether oxygens (including phenoxy) is 1. The van der Waals surface area contributed by atoms with Crippen molar-refractivity contribution in [1.29, 1.82) is 0 Å². The first-order valence-electron chi connectivity index (χ1n) is 4.21. The van der Waals surface area contributed by atoms with Crippen LogP contribution in [0, 0.1) is 0 Å². The Hall–Kier alpha value is -1.96. The molecule has 1 unspecified atom stereocenters. The van der Waals surface area contributed by atoms with Gasteiger partial charge in [0.2, 0.25) is 0 Å². The number of carboxylic acid groups (broad SMARTS) is 1. The summed E-state index contributed by atoms with van der Waals surface area (Å²) in [5.74, 6) is -3.58. The van der Waals surface area contributed by atoms with Crippen LogP contribution in [0.5, 0.6) is 11.5 Å². The Kier molecular flexibility index (Phi) is 3.47. The highest BCUT2D eigenvalue weighted by atomic mass is 19.4. The fourth-order valence-electron chi connectivity index (χ4n) is 1.14. The van der Waals surface area contributed by atoms with E-state index >= 15 is 0 Å². The fourth-order valence-corrected chi connectivity index (χ4v) is 1.14. The molecule has 0 radical (unpaired) electrons. The number of halogens is 3. The predicted octanol–water partition coefficient (Wildman–Crippen LogP) is 1.41. The smallest absolute Gasteiger partial charge is 0.507 e. The van der Waals surface area contributed by atoms with Crippen molar-refractivity contribution in [3.63, 3.8) is 0 Å². The standard InChI is InChI=1S/C9H7F3O5/c10-9(11,12)17-5-3-1-2-4(13)6(5)7(14)8(15)16/h1-3,7,13-14H,(H,15,16). The number of hydrogen-bond donors (Lipinski definition) is 3. The minimum atomic E-state index is -5.05. The summed E-state index contributed by atoms with van der Waals surface area (Å²) in [6, 6.07) is 2.74. The zero-order valence-corrected chi connectivity index (χ0v) is 8.10. The molecule has 8 heteroatoms. The van der Waals surface area contributed by atoms with Crippen molar-refractivity contribution in [2.45, 2.75) is 12.5 Å². The van der Waals surface area contributed by atoms with Gasteiger partial charge in [-0.25, -0.2) is 4.79 Å². The van der Waals surface area contributed by atoms with Crippen molar-refractivity contribution < 1.29 is 38.0 Å². The normalized spacial score (nSPS) is 13.2. The molecule has 0 aliphatic heterocycles. The van der Waals surface area contributed by atoms with Gasteiger partial charge < -0.3 is 20.1 Å². The lowest BCUT2D eigenvalue weighted by Gasteiger charge is -2.15. The Morgan fingerprint density at radius 1 is 1.35 bits per heavy atom. The number of aliphatic hydroxyl groups excluding tert-OH is 1. The Morgan fingerprint density at radius 3 is 2.41 bits per heavy atom. The maximum Gasteiger partial charge on any atom is 0.573 e. The van der Waals surface area contributed by atoms with E-state index < -0.39 is 35.5 Å². The molecule has 17 heavy (non-hydrogen) atoms. The molecule has 1 rings (SSSR count). The topological polar surface area (TPSA) is 87.0 Å². The van der Waals surface area contributed by atoms with Crippen LogP contribution in [0.25, 0.3) is 0 Å². The minimum absolute atomic E-state index is 0.786. The van der Waals surface area contributed by atoms with Gasteiger partial charge in [0.25, 0.3) is 0 Å². The van der Waals surface area contributed by atoms with Gasteiger partial charge in [-0.05, 0) is 12.1 Å². The van der Waals surface area contributed by atoms with E-state index in [0.717, 1.165) is 18.2 Å². The largest absolute Gasteiger partial charge is 0.573 e. The molecule has 1 aromatic rings. The molecular weight excluding hydrogens is 245 g/mol. The fraction of sp³-hybridized carbons (Fsp3) is 0.222. The van der Waals surface area contributed by atoms with Crippen molar-refractivity contribution in [2.75, 3.05) is 0 Å². The number of phenolic OH excluding ortho intramolecular Hbond substituents is 1. The van der Waals surface area contributed by atoms with E-state index in [1.807, 2.05) is 0 Å². The van der Waals surface area contributed by atoms with E-state index in [4.69, 9.17) is 10.2 Å². The average molecular weight is 252 g/mol. The van der Waals surface area contributed by atoms with Gasteiger partial charge in [0.15, 0.2) is 6.10 Å². The van der Waals surface area contributed by atoms with Crippen LogP contribution in [0.1, 0.15) is 11.7 Å². The highest BCUT2D eigenvalue weighted by Gasteiger charge is 2.34. The molecule has 0 saturated heterocycles. The van der Waals surface area contributed by atoms with Crippen LogP contribution >= 0.6 is 0 Å². The van der Waals surface area contributed by atoms with E-state index in [0.29, 0.717) is 0 Å². The van der Waals surface area contributed by atoms with Crippen LogP contribution in [0.15, 0.2) is 18.2 Å². The third kappa shape index (κ3) is 3.25. The van der Waals surface area contributed by atoms with Crippen LogP contribution in [0.2, 0.25) is 0 Å². The van der Waals surface area contributed by atoms with Gasteiger partial charge in [0, 0.05) is 0 Å². The summed E-state index contributed by atoms with van der Waals surface area (Å²) in [5, 5.41) is 26.9. The first kappa shape index (κ1) is 13.1. The Labute approximate surface area is 92.7 Å². The second-order valence-electron chi connectivity index (χ2n) is 2.98. The minimum Gasteiger partial charge on any atom is -0.507 e. The van der Waals surface area contributed by atoms with Crippen molar-refractivity contribution in [3.8, 4) is 11.5 Å². The van der Waals surface area contributed by atoms with Gasteiger partial charge in [-0.1, -0.05) is 6.07 Å². The first-order chi connectivity index (χ1) is 7.72. The molecule has 0 fully saturated rings. The molecule has 0 heterocycles. The van der Waals surface area contributed by atoms with Crippen molar-refractivity contribution in [1.82, 2.24) is 0 Å². The van der Waals surface area contributed by atoms with Crippen LogP contribution < -0.4 is 4.74 Å². The van der Waals surface area contributed by atoms with E-state index in [1.165, 1.54) is 0 Å². The number of benzene rings is 1. The maximum atomic E-state index is 12.0. The molecule has 0 aromatic heterocycles. The Morgan fingerprint density at radius 2 is 1.94 bits per heavy atom. The number of hydrogen-bond acceptors (Lipinski definition) is 4. The van der Waals surface area contributed by atoms with Crippen molar-refractivity contribution >= 4 is 5.97 Å². The summed E-state index contributed by atoms with van der Waals surface area (Å²) >= 11 is 0. The third-order valence-corrected chi connectivity index (χ3v) is 1.78. The van der Waals surface area contributed by atoms with Gasteiger partial charge >= 0.3 is 12.3 Å². The predicted molar refractivity (Wildman–Crippen MR) is 47.4 cm³/mol. The molecule has 0 saturated carbocycles. The number of phenols is 1. The van der Waals surface area contributed by atoms with Crippen LogP contribution in [0.4, 0.5) is 13.2 Å². The summed E-state index contributed by atoms with van der Waals surface area (Å²) in [4.78, 5) is 10.5. The molecule has 1 aromatic carbocycles. The average Bonchev–Trinajstić information content (AvgIpc) is 2.14. The zero-order valence-electron chi connectivity index (χ0n) is 8.10. The molecule has 94 valence electrons. The van der Waals surface area contributed by atoms with E-state index in [1.54, 1.807) is 0 Å². The van der Waals surface area contributed by atoms with Gasteiger partial charge in [-0.15, -0.1) is 13.2 Å². The number of aliphatic hydroxyl groups is 1. The van der Waals surface area contributed by atoms with Crippen LogP contribution in [0.3, 0.4) is 0 Å². The number of carbonyl (C=O) groups is 1. The molecule has 0 bridgehead atoms. The van der Waals surface area contributed by atoms with E-state index in [9.17, 15) is 23.1 Å². The number of rotatable bonds is 3. The summed E-state index contributed by atoms with van der Waals surface area (Å²) in [5.41, 5.74) is -0.850. The molecule has 1 atom stereocenters. The van der Waals surface area contributed by atoms with Gasteiger partial charge in [-0.2, -0.15) is 0 Å². The molecular formula is C9H7F3O5. The number of carboxylic acids is 1. The number of aromatic hydroxyl groups is 1. The molecule has 0 aliphatic rings. The quantitative estimate of drug-likeness (QED) is 0.757. The lowest BCUT2D eigenvalue weighted by Crippen LogP contribution is -2.20. The first-order valence-corrected chi connectivity index (χ1v) is 4.21. The van der Waals surface area contributed by atoms with Crippen LogP contribution in [-0.2, 0) is 4.79 Å². The van der Waals surface area contributed by atoms with Gasteiger partial charge in [-0.3, -0.25) is 0 Å². The van der Waals surface area contributed by atoms with E-state index in [2.05, 4.69) is 4.74 Å². The summed E-state index contributed by atoms with van der Waals surface area (Å²) in [6.45, 7) is 0.